The third-order valence-electron chi connectivity index (χ3n) is 3.34. The molecule has 1 aliphatic rings. The van der Waals surface area contributed by atoms with Gasteiger partial charge in [-0.3, -0.25) is 4.79 Å². The lowest BCUT2D eigenvalue weighted by atomic mass is 9.92. The summed E-state index contributed by atoms with van der Waals surface area (Å²) in [6, 6.07) is 7.40. The van der Waals surface area contributed by atoms with Crippen LogP contribution in [0.25, 0.3) is 0 Å². The van der Waals surface area contributed by atoms with Crippen molar-refractivity contribution in [3.05, 3.63) is 29.8 Å². The number of fused-ring (bicyclic) bond motifs is 1. The van der Waals surface area contributed by atoms with Crippen LogP contribution in [-0.4, -0.2) is 23.5 Å². The molecule has 0 aromatic heterocycles. The quantitative estimate of drug-likeness (QED) is 0.823. The number of nitrogens with one attached hydrogen (secondary N) is 1. The molecule has 1 heterocycles. The lowest BCUT2D eigenvalue weighted by Gasteiger charge is -2.26. The van der Waals surface area contributed by atoms with Crippen LogP contribution in [0.5, 0.6) is 5.75 Å². The van der Waals surface area contributed by atoms with Gasteiger partial charge in [0.05, 0.1) is 23.6 Å². The SMILES string of the molecule is CCC(NC(=O)C1CCOc2ccccc21)C(N)=S. The molecular weight excluding hydrogens is 260 g/mol. The van der Waals surface area contributed by atoms with Gasteiger partial charge in [-0.1, -0.05) is 37.3 Å². The summed E-state index contributed by atoms with van der Waals surface area (Å²) < 4.78 is 5.55. The van der Waals surface area contributed by atoms with Crippen molar-refractivity contribution in [1.29, 1.82) is 0 Å². The molecule has 2 atom stereocenters. The Morgan fingerprint density at radius 2 is 2.32 bits per heavy atom. The summed E-state index contributed by atoms with van der Waals surface area (Å²) in [6.45, 7) is 2.50. The highest BCUT2D eigenvalue weighted by Gasteiger charge is 2.28. The van der Waals surface area contributed by atoms with Crippen molar-refractivity contribution < 1.29 is 9.53 Å². The first kappa shape index (κ1) is 13.8. The average Bonchev–Trinajstić information content (AvgIpc) is 2.43. The molecule has 0 saturated heterocycles. The number of hydrogen-bond acceptors (Lipinski definition) is 3. The molecule has 1 aromatic rings. The zero-order valence-electron chi connectivity index (χ0n) is 10.9. The molecule has 4 nitrogen and oxygen atoms in total. The van der Waals surface area contributed by atoms with Crippen LogP contribution in [0.3, 0.4) is 0 Å². The fourth-order valence-corrected chi connectivity index (χ4v) is 2.49. The first-order valence-electron chi connectivity index (χ1n) is 6.45. The second-order valence-corrected chi connectivity index (χ2v) is 5.07. The second kappa shape index (κ2) is 6.02. The first-order valence-corrected chi connectivity index (χ1v) is 6.85. The molecule has 0 bridgehead atoms. The maximum absolute atomic E-state index is 12.4. The molecule has 102 valence electrons. The monoisotopic (exact) mass is 278 g/mol. The highest BCUT2D eigenvalue weighted by atomic mass is 32.1. The summed E-state index contributed by atoms with van der Waals surface area (Å²) in [6.07, 6.45) is 1.38. The van der Waals surface area contributed by atoms with E-state index in [4.69, 9.17) is 22.7 Å². The van der Waals surface area contributed by atoms with Gasteiger partial charge in [0.1, 0.15) is 5.75 Å². The molecule has 1 aliphatic heterocycles. The summed E-state index contributed by atoms with van der Waals surface area (Å²) >= 11 is 4.95. The molecule has 1 aromatic carbocycles. The van der Waals surface area contributed by atoms with Gasteiger partial charge in [0, 0.05) is 5.56 Å². The molecule has 0 radical (unpaired) electrons. The van der Waals surface area contributed by atoms with Gasteiger partial charge in [-0.25, -0.2) is 0 Å². The number of thiocarbonyl (C=S) groups is 1. The molecule has 1 amide bonds. The third-order valence-corrected chi connectivity index (χ3v) is 3.63. The van der Waals surface area contributed by atoms with E-state index in [1.165, 1.54) is 0 Å². The maximum atomic E-state index is 12.4. The smallest absolute Gasteiger partial charge is 0.228 e. The predicted molar refractivity (Wildman–Crippen MR) is 78.3 cm³/mol. The summed E-state index contributed by atoms with van der Waals surface area (Å²) in [5.74, 6) is 0.570. The Balaban J connectivity index is 2.15. The van der Waals surface area contributed by atoms with Crippen LogP contribution in [0, 0.1) is 0 Å². The number of benzene rings is 1. The zero-order chi connectivity index (χ0) is 13.8. The van der Waals surface area contributed by atoms with Gasteiger partial charge in [0.25, 0.3) is 0 Å². The number of ether oxygens (including phenoxy) is 1. The number of nitrogens with two attached hydrogens (primary N) is 1. The predicted octanol–water partition coefficient (Wildman–Crippen LogP) is 1.73. The minimum Gasteiger partial charge on any atom is -0.493 e. The summed E-state index contributed by atoms with van der Waals surface area (Å²) in [5, 5.41) is 2.92. The van der Waals surface area contributed by atoms with Gasteiger partial charge >= 0.3 is 0 Å². The highest BCUT2D eigenvalue weighted by molar-refractivity contribution is 7.80. The average molecular weight is 278 g/mol. The van der Waals surface area contributed by atoms with Crippen LogP contribution in [0.1, 0.15) is 31.2 Å². The molecule has 0 spiro atoms. The number of rotatable bonds is 4. The highest BCUT2D eigenvalue weighted by Crippen LogP contribution is 2.33. The Kier molecular flexibility index (Phi) is 4.37. The van der Waals surface area contributed by atoms with Gasteiger partial charge < -0.3 is 15.8 Å². The van der Waals surface area contributed by atoms with Crippen molar-refractivity contribution in [1.82, 2.24) is 5.32 Å². The Hall–Kier alpha value is -1.62. The van der Waals surface area contributed by atoms with Gasteiger partial charge in [-0.2, -0.15) is 0 Å². The number of carbonyl (C=O) groups is 1. The Morgan fingerprint density at radius 3 is 3.00 bits per heavy atom. The minimum atomic E-state index is -0.238. The molecule has 0 saturated carbocycles. The lowest BCUT2D eigenvalue weighted by molar-refractivity contribution is -0.123. The van der Waals surface area contributed by atoms with E-state index in [2.05, 4.69) is 5.32 Å². The topological polar surface area (TPSA) is 64.3 Å². The van der Waals surface area contributed by atoms with Gasteiger partial charge in [0.15, 0.2) is 0 Å². The first-order chi connectivity index (χ1) is 9.13. The van der Waals surface area contributed by atoms with E-state index in [-0.39, 0.29) is 17.9 Å². The number of carbonyl (C=O) groups excluding carboxylic acids is 1. The Morgan fingerprint density at radius 1 is 1.58 bits per heavy atom. The Bertz CT molecular complexity index is 490. The van der Waals surface area contributed by atoms with E-state index in [0.29, 0.717) is 24.4 Å². The van der Waals surface area contributed by atoms with Crippen LogP contribution < -0.4 is 15.8 Å². The third kappa shape index (κ3) is 3.04. The van der Waals surface area contributed by atoms with E-state index in [1.807, 2.05) is 31.2 Å². The normalized spacial score (nSPS) is 18.9. The van der Waals surface area contributed by atoms with E-state index in [1.54, 1.807) is 0 Å². The zero-order valence-corrected chi connectivity index (χ0v) is 11.7. The second-order valence-electron chi connectivity index (χ2n) is 4.60. The fraction of sp³-hybridized carbons (Fsp3) is 0.429. The molecular formula is C14H18N2O2S. The van der Waals surface area contributed by atoms with Gasteiger partial charge in [0.2, 0.25) is 5.91 Å². The molecule has 3 N–H and O–H groups in total. The van der Waals surface area contributed by atoms with Crippen molar-refractivity contribution in [2.75, 3.05) is 6.61 Å². The van der Waals surface area contributed by atoms with E-state index < -0.39 is 0 Å². The van der Waals surface area contributed by atoms with Gasteiger partial charge in [-0.05, 0) is 18.9 Å². The van der Waals surface area contributed by atoms with Crippen LogP contribution in [0.4, 0.5) is 0 Å². The van der Waals surface area contributed by atoms with Crippen LogP contribution >= 0.6 is 12.2 Å². The van der Waals surface area contributed by atoms with Crippen LogP contribution in [0.15, 0.2) is 24.3 Å². The van der Waals surface area contributed by atoms with Crippen molar-refractivity contribution in [3.8, 4) is 5.75 Å². The molecule has 2 rings (SSSR count). The number of amides is 1. The molecule has 0 fully saturated rings. The van der Waals surface area contributed by atoms with E-state index in [9.17, 15) is 4.79 Å². The summed E-state index contributed by atoms with van der Waals surface area (Å²) in [7, 11) is 0. The van der Waals surface area contributed by atoms with Gasteiger partial charge in [-0.15, -0.1) is 0 Å². The van der Waals surface area contributed by atoms with Crippen molar-refractivity contribution in [2.24, 2.45) is 5.73 Å². The molecule has 0 aliphatic carbocycles. The van der Waals surface area contributed by atoms with E-state index in [0.717, 1.165) is 11.3 Å². The summed E-state index contributed by atoms with van der Waals surface area (Å²) in [4.78, 5) is 12.7. The largest absolute Gasteiger partial charge is 0.493 e. The van der Waals surface area contributed by atoms with Crippen LogP contribution in [0.2, 0.25) is 0 Å². The number of para-hydroxylation sites is 1. The van der Waals surface area contributed by atoms with Crippen LogP contribution in [-0.2, 0) is 4.79 Å². The lowest BCUT2D eigenvalue weighted by Crippen LogP contribution is -2.45. The van der Waals surface area contributed by atoms with E-state index >= 15 is 0 Å². The maximum Gasteiger partial charge on any atom is 0.228 e. The Labute approximate surface area is 118 Å². The van der Waals surface area contributed by atoms with Crippen molar-refractivity contribution in [3.63, 3.8) is 0 Å². The molecule has 2 unspecified atom stereocenters. The molecule has 5 heteroatoms. The van der Waals surface area contributed by atoms with Crippen molar-refractivity contribution >= 4 is 23.1 Å². The minimum absolute atomic E-state index is 0.0320. The molecule has 19 heavy (non-hydrogen) atoms. The standard InChI is InChI=1S/C14H18N2O2S/c1-2-11(13(15)19)16-14(17)10-7-8-18-12-6-4-3-5-9(10)12/h3-6,10-11H,2,7-8H2,1H3,(H2,15,19)(H,16,17). The number of hydrogen-bond donors (Lipinski definition) is 2. The fourth-order valence-electron chi connectivity index (χ4n) is 2.26. The van der Waals surface area contributed by atoms with Crippen molar-refractivity contribution in [2.45, 2.75) is 31.7 Å². The summed E-state index contributed by atoms with van der Waals surface area (Å²) in [5.41, 5.74) is 6.55.